The lowest BCUT2D eigenvalue weighted by molar-refractivity contribution is 1.17. The molecule has 8 rings (SSSR count). The van der Waals surface area contributed by atoms with Crippen LogP contribution in [0.25, 0.3) is 49.4 Å². The Hall–Kier alpha value is -5.60. The SMILES string of the molecule is c1ccc(-c2cccc3c2c2c4ccccc4ccc2n3-c2cccc(N(c3ccccc3)c3ccccc3)c2)cc1. The Morgan fingerprint density at radius 3 is 1.74 bits per heavy atom. The molecule has 0 saturated heterocycles. The van der Waals surface area contributed by atoms with Crippen LogP contribution < -0.4 is 4.90 Å². The quantitative estimate of drug-likeness (QED) is 0.212. The Kier molecular flexibility index (Phi) is 5.82. The van der Waals surface area contributed by atoms with E-state index in [0.29, 0.717) is 0 Å². The first-order valence-electron chi connectivity index (χ1n) is 14.4. The van der Waals surface area contributed by atoms with Gasteiger partial charge in [-0.2, -0.15) is 0 Å². The largest absolute Gasteiger partial charge is 0.310 e. The van der Waals surface area contributed by atoms with Crippen LogP contribution in [0.15, 0.2) is 170 Å². The van der Waals surface area contributed by atoms with Gasteiger partial charge in [-0.15, -0.1) is 0 Å². The highest BCUT2D eigenvalue weighted by Gasteiger charge is 2.19. The molecule has 0 saturated carbocycles. The van der Waals surface area contributed by atoms with Crippen molar-refractivity contribution in [1.29, 1.82) is 0 Å². The second-order valence-electron chi connectivity index (χ2n) is 10.6. The van der Waals surface area contributed by atoms with Gasteiger partial charge in [0.25, 0.3) is 0 Å². The molecular weight excluding hydrogens is 508 g/mol. The summed E-state index contributed by atoms with van der Waals surface area (Å²) in [6.07, 6.45) is 0. The van der Waals surface area contributed by atoms with Crippen LogP contribution in [0, 0.1) is 0 Å². The van der Waals surface area contributed by atoms with Gasteiger partial charge in [-0.1, -0.05) is 115 Å². The molecule has 198 valence electrons. The van der Waals surface area contributed by atoms with E-state index in [4.69, 9.17) is 0 Å². The summed E-state index contributed by atoms with van der Waals surface area (Å²) in [6.45, 7) is 0. The molecule has 1 aromatic heterocycles. The van der Waals surface area contributed by atoms with Crippen molar-refractivity contribution in [2.45, 2.75) is 0 Å². The average Bonchev–Trinajstić information content (AvgIpc) is 3.42. The number of hydrogen-bond acceptors (Lipinski definition) is 1. The van der Waals surface area contributed by atoms with Gasteiger partial charge in [0.2, 0.25) is 0 Å². The fourth-order valence-corrected chi connectivity index (χ4v) is 6.34. The first-order chi connectivity index (χ1) is 20.9. The summed E-state index contributed by atoms with van der Waals surface area (Å²) in [4.78, 5) is 2.32. The van der Waals surface area contributed by atoms with Crippen LogP contribution in [-0.2, 0) is 0 Å². The summed E-state index contributed by atoms with van der Waals surface area (Å²) in [5.41, 5.74) is 9.37. The van der Waals surface area contributed by atoms with Crippen LogP contribution in [0.5, 0.6) is 0 Å². The van der Waals surface area contributed by atoms with Crippen molar-refractivity contribution in [1.82, 2.24) is 4.57 Å². The van der Waals surface area contributed by atoms with Crippen molar-refractivity contribution in [3.8, 4) is 16.8 Å². The Labute approximate surface area is 245 Å². The van der Waals surface area contributed by atoms with Gasteiger partial charge >= 0.3 is 0 Å². The molecule has 7 aromatic carbocycles. The predicted molar refractivity (Wildman–Crippen MR) is 178 cm³/mol. The summed E-state index contributed by atoms with van der Waals surface area (Å²) in [5.74, 6) is 0. The molecular formula is C40H28N2. The molecule has 2 heteroatoms. The van der Waals surface area contributed by atoms with Gasteiger partial charge in [-0.25, -0.2) is 0 Å². The van der Waals surface area contributed by atoms with Gasteiger partial charge < -0.3 is 9.47 Å². The van der Waals surface area contributed by atoms with Crippen molar-refractivity contribution in [2.75, 3.05) is 4.90 Å². The molecule has 1 heterocycles. The zero-order chi connectivity index (χ0) is 27.9. The van der Waals surface area contributed by atoms with Crippen molar-refractivity contribution in [2.24, 2.45) is 0 Å². The molecule has 2 nitrogen and oxygen atoms in total. The molecule has 0 radical (unpaired) electrons. The van der Waals surface area contributed by atoms with Gasteiger partial charge in [0, 0.05) is 33.5 Å². The summed E-state index contributed by atoms with van der Waals surface area (Å²) in [6, 6.07) is 60.8. The number of anilines is 3. The lowest BCUT2D eigenvalue weighted by atomic mass is 9.97. The third-order valence-electron chi connectivity index (χ3n) is 8.14. The molecule has 8 aromatic rings. The van der Waals surface area contributed by atoms with Crippen molar-refractivity contribution in [3.63, 3.8) is 0 Å². The van der Waals surface area contributed by atoms with Crippen LogP contribution in [-0.4, -0.2) is 4.57 Å². The molecule has 0 spiro atoms. The maximum atomic E-state index is 2.43. The zero-order valence-electron chi connectivity index (χ0n) is 23.1. The van der Waals surface area contributed by atoms with Crippen LogP contribution in [0.3, 0.4) is 0 Å². The van der Waals surface area contributed by atoms with Gasteiger partial charge in [-0.05, 0) is 76.5 Å². The highest BCUT2D eigenvalue weighted by molar-refractivity contribution is 6.25. The van der Waals surface area contributed by atoms with E-state index < -0.39 is 0 Å². The standard InChI is InChI=1S/C40H28N2/c1-4-14-29(15-5-1)36-24-13-25-37-39(36)40-35-23-11-10-16-30(35)26-27-38(40)42(37)34-22-12-21-33(28-34)41(31-17-6-2-7-18-31)32-19-8-3-9-20-32/h1-28H. The van der Waals surface area contributed by atoms with E-state index in [-0.39, 0.29) is 0 Å². The van der Waals surface area contributed by atoms with E-state index in [2.05, 4.69) is 179 Å². The van der Waals surface area contributed by atoms with Crippen molar-refractivity contribution in [3.05, 3.63) is 170 Å². The number of rotatable bonds is 5. The number of fused-ring (bicyclic) bond motifs is 5. The van der Waals surface area contributed by atoms with Crippen molar-refractivity contribution < 1.29 is 0 Å². The molecule has 0 unspecified atom stereocenters. The molecule has 0 fully saturated rings. The van der Waals surface area contributed by atoms with E-state index in [1.165, 1.54) is 43.7 Å². The maximum absolute atomic E-state index is 2.43. The average molecular weight is 537 g/mol. The van der Waals surface area contributed by atoms with Gasteiger partial charge in [0.1, 0.15) is 0 Å². The Morgan fingerprint density at radius 2 is 1.00 bits per heavy atom. The fraction of sp³-hybridized carbons (Fsp3) is 0. The normalized spacial score (nSPS) is 11.3. The molecule has 0 atom stereocenters. The summed E-state index contributed by atoms with van der Waals surface area (Å²) in [7, 11) is 0. The van der Waals surface area contributed by atoms with Crippen LogP contribution >= 0.6 is 0 Å². The Morgan fingerprint density at radius 1 is 0.405 bits per heavy atom. The van der Waals surface area contributed by atoms with Gasteiger partial charge in [0.05, 0.1) is 11.0 Å². The predicted octanol–water partition coefficient (Wildman–Crippen LogP) is 11.1. The minimum absolute atomic E-state index is 1.11. The zero-order valence-corrected chi connectivity index (χ0v) is 23.1. The summed E-state index contributed by atoms with van der Waals surface area (Å²) in [5, 5.41) is 5.09. The second kappa shape index (κ2) is 10.1. The lowest BCUT2D eigenvalue weighted by Crippen LogP contribution is -2.10. The lowest BCUT2D eigenvalue weighted by Gasteiger charge is -2.26. The number of nitrogens with zero attached hydrogens (tertiary/aromatic N) is 2. The van der Waals surface area contributed by atoms with E-state index in [1.54, 1.807) is 0 Å². The van der Waals surface area contributed by atoms with E-state index in [0.717, 1.165) is 22.7 Å². The Balaban J connectivity index is 1.43. The highest BCUT2D eigenvalue weighted by Crippen LogP contribution is 2.42. The van der Waals surface area contributed by atoms with Gasteiger partial charge in [0.15, 0.2) is 0 Å². The van der Waals surface area contributed by atoms with Crippen molar-refractivity contribution >= 4 is 49.6 Å². The first kappa shape index (κ1) is 24.2. The molecule has 0 N–H and O–H groups in total. The van der Waals surface area contributed by atoms with E-state index in [9.17, 15) is 0 Å². The second-order valence-corrected chi connectivity index (χ2v) is 10.6. The topological polar surface area (TPSA) is 8.17 Å². The first-order valence-corrected chi connectivity index (χ1v) is 14.4. The third-order valence-corrected chi connectivity index (χ3v) is 8.14. The maximum Gasteiger partial charge on any atom is 0.0547 e. The van der Waals surface area contributed by atoms with Crippen LogP contribution in [0.2, 0.25) is 0 Å². The van der Waals surface area contributed by atoms with Crippen LogP contribution in [0.4, 0.5) is 17.1 Å². The minimum Gasteiger partial charge on any atom is -0.310 e. The van der Waals surface area contributed by atoms with Crippen LogP contribution in [0.1, 0.15) is 0 Å². The molecule has 0 aliphatic carbocycles. The molecule has 0 aliphatic rings. The monoisotopic (exact) mass is 536 g/mol. The smallest absolute Gasteiger partial charge is 0.0547 e. The number of hydrogen-bond donors (Lipinski definition) is 0. The Bertz CT molecular complexity index is 2140. The summed E-state index contributed by atoms with van der Waals surface area (Å²) >= 11 is 0. The van der Waals surface area contributed by atoms with Gasteiger partial charge in [-0.3, -0.25) is 0 Å². The number of aromatic nitrogens is 1. The molecule has 0 aliphatic heterocycles. The number of para-hydroxylation sites is 2. The minimum atomic E-state index is 1.11. The molecule has 0 bridgehead atoms. The third kappa shape index (κ3) is 3.96. The highest BCUT2D eigenvalue weighted by atomic mass is 15.1. The molecule has 42 heavy (non-hydrogen) atoms. The molecule has 0 amide bonds. The fourth-order valence-electron chi connectivity index (χ4n) is 6.34. The van der Waals surface area contributed by atoms with E-state index in [1.807, 2.05) is 0 Å². The number of benzene rings is 7. The van der Waals surface area contributed by atoms with E-state index >= 15 is 0 Å². The summed E-state index contributed by atoms with van der Waals surface area (Å²) < 4.78 is 2.43.